The van der Waals surface area contributed by atoms with Crippen LogP contribution in [0.25, 0.3) is 0 Å². The summed E-state index contributed by atoms with van der Waals surface area (Å²) in [7, 11) is 0. The first kappa shape index (κ1) is 13.8. The van der Waals surface area contributed by atoms with Crippen molar-refractivity contribution in [3.05, 3.63) is 0 Å². The number of nitrogens with zero attached hydrogens (tertiary/aromatic N) is 2. The normalized spacial score (nSPS) is 41.4. The minimum absolute atomic E-state index is 0.766. The summed E-state index contributed by atoms with van der Waals surface area (Å²) in [6.07, 6.45) is 8.44. The highest BCUT2D eigenvalue weighted by atomic mass is 15.2. The smallest absolute Gasteiger partial charge is 0.0125 e. The molecule has 110 valence electrons. The molecule has 3 heteroatoms. The van der Waals surface area contributed by atoms with E-state index in [9.17, 15) is 0 Å². The maximum absolute atomic E-state index is 3.64. The third kappa shape index (κ3) is 2.98. The molecule has 0 aliphatic carbocycles. The SMILES string of the molecule is CCNC1CCN(C2CCN3CCCC3C2)C(C)C1. The molecule has 3 saturated heterocycles. The van der Waals surface area contributed by atoms with Gasteiger partial charge in [-0.25, -0.2) is 0 Å². The summed E-state index contributed by atoms with van der Waals surface area (Å²) in [6.45, 7) is 9.84. The van der Waals surface area contributed by atoms with E-state index >= 15 is 0 Å². The van der Waals surface area contributed by atoms with Crippen LogP contribution in [-0.2, 0) is 0 Å². The Morgan fingerprint density at radius 2 is 1.89 bits per heavy atom. The Balaban J connectivity index is 1.54. The molecule has 0 radical (unpaired) electrons. The molecular formula is C16H31N3. The van der Waals surface area contributed by atoms with Gasteiger partial charge in [0.1, 0.15) is 0 Å². The van der Waals surface area contributed by atoms with Gasteiger partial charge < -0.3 is 10.2 Å². The molecule has 3 rings (SSSR count). The van der Waals surface area contributed by atoms with Crippen LogP contribution in [0.1, 0.15) is 52.4 Å². The Morgan fingerprint density at radius 3 is 2.68 bits per heavy atom. The van der Waals surface area contributed by atoms with Crippen LogP contribution in [-0.4, -0.2) is 60.1 Å². The molecule has 3 aliphatic rings. The van der Waals surface area contributed by atoms with Gasteiger partial charge >= 0.3 is 0 Å². The molecule has 4 unspecified atom stereocenters. The first-order valence-electron chi connectivity index (χ1n) is 8.51. The van der Waals surface area contributed by atoms with Gasteiger partial charge in [-0.05, 0) is 65.1 Å². The van der Waals surface area contributed by atoms with Crippen LogP contribution < -0.4 is 5.32 Å². The molecule has 3 nitrogen and oxygen atoms in total. The second kappa shape index (κ2) is 6.11. The average molecular weight is 265 g/mol. The lowest BCUT2D eigenvalue weighted by Gasteiger charge is -2.46. The van der Waals surface area contributed by atoms with E-state index in [-0.39, 0.29) is 0 Å². The monoisotopic (exact) mass is 265 g/mol. The van der Waals surface area contributed by atoms with Crippen LogP contribution in [0.3, 0.4) is 0 Å². The van der Waals surface area contributed by atoms with Crippen molar-refractivity contribution in [2.24, 2.45) is 0 Å². The molecule has 0 aromatic heterocycles. The standard InChI is InChI=1S/C16H31N3/c1-3-17-14-6-10-19(13(2)11-14)16-7-9-18-8-4-5-15(18)12-16/h13-17H,3-12H2,1-2H3. The summed E-state index contributed by atoms with van der Waals surface area (Å²) in [6, 6.07) is 3.33. The second-order valence-corrected chi connectivity index (χ2v) is 6.88. The molecule has 0 amide bonds. The van der Waals surface area contributed by atoms with Crippen LogP contribution in [0.4, 0.5) is 0 Å². The third-order valence-electron chi connectivity index (χ3n) is 5.68. The summed E-state index contributed by atoms with van der Waals surface area (Å²) >= 11 is 0. The van der Waals surface area contributed by atoms with Crippen LogP contribution in [0.15, 0.2) is 0 Å². The van der Waals surface area contributed by atoms with Crippen molar-refractivity contribution in [3.63, 3.8) is 0 Å². The van der Waals surface area contributed by atoms with Crippen LogP contribution in [0, 0.1) is 0 Å². The van der Waals surface area contributed by atoms with Crippen molar-refractivity contribution >= 4 is 0 Å². The largest absolute Gasteiger partial charge is 0.314 e. The fourth-order valence-electron chi connectivity index (χ4n) is 4.71. The zero-order valence-electron chi connectivity index (χ0n) is 12.8. The lowest BCUT2D eigenvalue weighted by atomic mass is 9.90. The number of hydrogen-bond donors (Lipinski definition) is 1. The van der Waals surface area contributed by atoms with E-state index in [1.807, 2.05) is 0 Å². The van der Waals surface area contributed by atoms with E-state index in [0.717, 1.165) is 30.7 Å². The van der Waals surface area contributed by atoms with Crippen molar-refractivity contribution in [2.75, 3.05) is 26.2 Å². The topological polar surface area (TPSA) is 18.5 Å². The first-order chi connectivity index (χ1) is 9.28. The quantitative estimate of drug-likeness (QED) is 0.843. The molecule has 4 atom stereocenters. The summed E-state index contributed by atoms with van der Waals surface area (Å²) in [5.74, 6) is 0. The van der Waals surface area contributed by atoms with E-state index in [1.165, 1.54) is 58.2 Å². The number of likely N-dealkylation sites (tertiary alicyclic amines) is 1. The van der Waals surface area contributed by atoms with Crippen molar-refractivity contribution in [2.45, 2.75) is 76.5 Å². The first-order valence-corrected chi connectivity index (χ1v) is 8.51. The van der Waals surface area contributed by atoms with Gasteiger partial charge in [0, 0.05) is 30.7 Å². The van der Waals surface area contributed by atoms with Crippen molar-refractivity contribution in [1.29, 1.82) is 0 Å². The van der Waals surface area contributed by atoms with Gasteiger partial charge in [-0.3, -0.25) is 4.90 Å². The predicted molar refractivity (Wildman–Crippen MR) is 80.5 cm³/mol. The molecular weight excluding hydrogens is 234 g/mol. The summed E-state index contributed by atoms with van der Waals surface area (Å²) < 4.78 is 0. The van der Waals surface area contributed by atoms with Gasteiger partial charge in [0.15, 0.2) is 0 Å². The van der Waals surface area contributed by atoms with E-state index in [4.69, 9.17) is 0 Å². The van der Waals surface area contributed by atoms with Gasteiger partial charge in [-0.15, -0.1) is 0 Å². The molecule has 0 aromatic rings. The maximum atomic E-state index is 3.64. The summed E-state index contributed by atoms with van der Waals surface area (Å²) in [5, 5.41) is 3.64. The molecule has 0 bridgehead atoms. The Hall–Kier alpha value is -0.120. The number of rotatable bonds is 3. The Labute approximate surface area is 118 Å². The van der Waals surface area contributed by atoms with Gasteiger partial charge in [0.2, 0.25) is 0 Å². The van der Waals surface area contributed by atoms with Crippen molar-refractivity contribution < 1.29 is 0 Å². The molecule has 3 aliphatic heterocycles. The van der Waals surface area contributed by atoms with E-state index < -0.39 is 0 Å². The fourth-order valence-corrected chi connectivity index (χ4v) is 4.71. The summed E-state index contributed by atoms with van der Waals surface area (Å²) in [5.41, 5.74) is 0. The zero-order chi connectivity index (χ0) is 13.2. The highest BCUT2D eigenvalue weighted by molar-refractivity contribution is 4.94. The minimum Gasteiger partial charge on any atom is -0.314 e. The van der Waals surface area contributed by atoms with Crippen LogP contribution in [0.2, 0.25) is 0 Å². The van der Waals surface area contributed by atoms with E-state index in [0.29, 0.717) is 0 Å². The third-order valence-corrected chi connectivity index (χ3v) is 5.68. The molecule has 0 spiro atoms. The number of hydrogen-bond acceptors (Lipinski definition) is 3. The number of nitrogens with one attached hydrogen (secondary N) is 1. The average Bonchev–Trinajstić information content (AvgIpc) is 2.86. The Bertz CT molecular complexity index is 294. The van der Waals surface area contributed by atoms with Crippen molar-refractivity contribution in [3.8, 4) is 0 Å². The lowest BCUT2D eigenvalue weighted by Crippen LogP contribution is -2.55. The summed E-state index contributed by atoms with van der Waals surface area (Å²) in [4.78, 5) is 5.58. The minimum atomic E-state index is 0.766. The molecule has 3 heterocycles. The Kier molecular flexibility index (Phi) is 4.45. The molecule has 3 fully saturated rings. The Morgan fingerprint density at radius 1 is 1.00 bits per heavy atom. The molecule has 1 N–H and O–H groups in total. The fraction of sp³-hybridized carbons (Fsp3) is 1.00. The second-order valence-electron chi connectivity index (χ2n) is 6.88. The predicted octanol–water partition coefficient (Wildman–Crippen LogP) is 2.08. The lowest BCUT2D eigenvalue weighted by molar-refractivity contribution is 0.0355. The van der Waals surface area contributed by atoms with Gasteiger partial charge in [0.25, 0.3) is 0 Å². The number of fused-ring (bicyclic) bond motifs is 1. The zero-order valence-corrected chi connectivity index (χ0v) is 12.8. The molecule has 19 heavy (non-hydrogen) atoms. The van der Waals surface area contributed by atoms with Crippen LogP contribution in [0.5, 0.6) is 0 Å². The van der Waals surface area contributed by atoms with Crippen LogP contribution >= 0.6 is 0 Å². The van der Waals surface area contributed by atoms with Gasteiger partial charge in [0.05, 0.1) is 0 Å². The highest BCUT2D eigenvalue weighted by Crippen LogP contribution is 2.32. The van der Waals surface area contributed by atoms with Crippen molar-refractivity contribution in [1.82, 2.24) is 15.1 Å². The molecule has 0 aromatic carbocycles. The van der Waals surface area contributed by atoms with E-state index in [2.05, 4.69) is 29.0 Å². The number of piperidine rings is 2. The highest BCUT2D eigenvalue weighted by Gasteiger charge is 2.37. The van der Waals surface area contributed by atoms with Gasteiger partial charge in [-0.2, -0.15) is 0 Å². The maximum Gasteiger partial charge on any atom is 0.0125 e. The van der Waals surface area contributed by atoms with E-state index in [1.54, 1.807) is 0 Å². The molecule has 0 saturated carbocycles. The van der Waals surface area contributed by atoms with Gasteiger partial charge in [-0.1, -0.05) is 6.92 Å².